The molecule has 1 fully saturated rings. The highest BCUT2D eigenvalue weighted by Crippen LogP contribution is 2.33. The zero-order chi connectivity index (χ0) is 21.0. The summed E-state index contributed by atoms with van der Waals surface area (Å²) in [6.07, 6.45) is 23.4. The van der Waals surface area contributed by atoms with Crippen molar-refractivity contribution in [2.75, 3.05) is 5.75 Å². The topological polar surface area (TPSA) is 23.8 Å². The van der Waals surface area contributed by atoms with Crippen LogP contribution in [0.4, 0.5) is 0 Å². The third-order valence-corrected chi connectivity index (χ3v) is 6.23. The number of allylic oxidation sites excluding steroid dienone is 4. The Morgan fingerprint density at radius 2 is 1.79 bits per heavy atom. The minimum atomic E-state index is 0.771. The van der Waals surface area contributed by atoms with E-state index in [4.69, 9.17) is 5.26 Å². The molecule has 1 nitrogen and oxygen atoms in total. The summed E-state index contributed by atoms with van der Waals surface area (Å²) in [6, 6.07) is 0. The number of hydrogen-bond acceptors (Lipinski definition) is 2. The number of nitrogens with zero attached hydrogens (tertiary/aromatic N) is 1. The lowest BCUT2D eigenvalue weighted by Crippen LogP contribution is -2.01. The molecule has 1 saturated carbocycles. The summed E-state index contributed by atoms with van der Waals surface area (Å²) in [7, 11) is 0. The Bertz CT molecular complexity index is 469. The second-order valence-electron chi connectivity index (χ2n) is 8.51. The first-order valence-corrected chi connectivity index (χ1v) is 12.5. The van der Waals surface area contributed by atoms with Gasteiger partial charge in [-0.25, -0.2) is 0 Å². The summed E-state index contributed by atoms with van der Waals surface area (Å²) in [6.45, 7) is 12.8. The maximum absolute atomic E-state index is 8.56. The maximum atomic E-state index is 8.56. The Morgan fingerprint density at radius 1 is 1.14 bits per heavy atom. The Labute approximate surface area is 180 Å². The highest BCUT2D eigenvalue weighted by atomic mass is 32.2. The molecule has 1 aliphatic rings. The van der Waals surface area contributed by atoms with Gasteiger partial charge in [-0.1, -0.05) is 116 Å². The zero-order valence-corrected chi connectivity index (χ0v) is 19.9. The Balaban J connectivity index is 0.00000129. The molecule has 28 heavy (non-hydrogen) atoms. The molecule has 2 unspecified atom stereocenters. The van der Waals surface area contributed by atoms with Gasteiger partial charge in [0.15, 0.2) is 0 Å². The third kappa shape index (κ3) is 16.1. The summed E-state index contributed by atoms with van der Waals surface area (Å²) >= 11 is 1.29. The molecule has 0 aromatic rings. The SMILES string of the molecule is C=C/C=C(\C=C/CSC#N)CCC1CCCC(CCCC)CC1.CCC(C)C. The second-order valence-corrected chi connectivity index (χ2v) is 9.31. The van der Waals surface area contributed by atoms with E-state index in [2.05, 4.69) is 57.9 Å². The average Bonchev–Trinajstić information content (AvgIpc) is 2.93. The van der Waals surface area contributed by atoms with Gasteiger partial charge in [-0.05, 0) is 47.9 Å². The van der Waals surface area contributed by atoms with Gasteiger partial charge >= 0.3 is 0 Å². The van der Waals surface area contributed by atoms with E-state index in [0.29, 0.717) is 0 Å². The first kappa shape index (κ1) is 27.1. The molecule has 160 valence electrons. The fourth-order valence-corrected chi connectivity index (χ4v) is 3.82. The zero-order valence-electron chi connectivity index (χ0n) is 19.1. The number of unbranched alkanes of at least 4 members (excludes halogenated alkanes) is 1. The van der Waals surface area contributed by atoms with Crippen LogP contribution in [0.1, 0.15) is 98.3 Å². The fourth-order valence-electron chi connectivity index (χ4n) is 3.55. The van der Waals surface area contributed by atoms with Crippen LogP contribution in [0.5, 0.6) is 0 Å². The number of rotatable bonds is 11. The fraction of sp³-hybridized carbons (Fsp3) is 0.731. The summed E-state index contributed by atoms with van der Waals surface area (Å²) in [5.41, 5.74) is 1.35. The second kappa shape index (κ2) is 19.4. The quantitative estimate of drug-likeness (QED) is 0.149. The smallest absolute Gasteiger partial charge is 0.133 e. The maximum Gasteiger partial charge on any atom is 0.133 e. The third-order valence-electron chi connectivity index (χ3n) is 5.74. The van der Waals surface area contributed by atoms with Gasteiger partial charge in [0.2, 0.25) is 0 Å². The Kier molecular flexibility index (Phi) is 18.7. The van der Waals surface area contributed by atoms with Gasteiger partial charge in [0, 0.05) is 5.75 Å². The van der Waals surface area contributed by atoms with Gasteiger partial charge in [0.05, 0.1) is 0 Å². The minimum absolute atomic E-state index is 0.771. The van der Waals surface area contributed by atoms with Crippen molar-refractivity contribution in [2.24, 2.45) is 17.8 Å². The summed E-state index contributed by atoms with van der Waals surface area (Å²) < 4.78 is 0. The van der Waals surface area contributed by atoms with Crippen LogP contribution in [-0.2, 0) is 0 Å². The van der Waals surface area contributed by atoms with Gasteiger partial charge in [-0.3, -0.25) is 0 Å². The first-order chi connectivity index (χ1) is 13.6. The summed E-state index contributed by atoms with van der Waals surface area (Å²) in [5.74, 6) is 3.55. The van der Waals surface area contributed by atoms with Crippen LogP contribution in [0, 0.1) is 28.4 Å². The molecule has 0 heterocycles. The molecule has 0 N–H and O–H groups in total. The lowest BCUT2D eigenvalue weighted by molar-refractivity contribution is 0.390. The van der Waals surface area contributed by atoms with Crippen LogP contribution >= 0.6 is 11.8 Å². The van der Waals surface area contributed by atoms with Crippen molar-refractivity contribution in [3.8, 4) is 5.40 Å². The summed E-state index contributed by atoms with van der Waals surface area (Å²) in [5, 5.41) is 10.7. The molecule has 0 aliphatic heterocycles. The predicted molar refractivity (Wildman–Crippen MR) is 129 cm³/mol. The van der Waals surface area contributed by atoms with Crippen LogP contribution < -0.4 is 0 Å². The molecule has 2 heteroatoms. The van der Waals surface area contributed by atoms with Crippen molar-refractivity contribution in [1.82, 2.24) is 0 Å². The Hall–Kier alpha value is -0.940. The lowest BCUT2D eigenvalue weighted by atomic mass is 9.91. The molecule has 0 amide bonds. The molecule has 2 atom stereocenters. The average molecular weight is 404 g/mol. The molecular weight excluding hydrogens is 358 g/mol. The van der Waals surface area contributed by atoms with Crippen molar-refractivity contribution in [2.45, 2.75) is 98.3 Å². The molecule has 0 radical (unpaired) electrons. The monoisotopic (exact) mass is 403 g/mol. The predicted octanol–water partition coefficient (Wildman–Crippen LogP) is 9.09. The van der Waals surface area contributed by atoms with Crippen LogP contribution in [-0.4, -0.2) is 5.75 Å². The molecule has 0 spiro atoms. The molecule has 0 aromatic carbocycles. The van der Waals surface area contributed by atoms with E-state index < -0.39 is 0 Å². The molecular formula is C26H45NS. The van der Waals surface area contributed by atoms with Crippen molar-refractivity contribution < 1.29 is 0 Å². The number of hydrogen-bond donors (Lipinski definition) is 0. The molecule has 0 bridgehead atoms. The van der Waals surface area contributed by atoms with Gasteiger partial charge < -0.3 is 0 Å². The van der Waals surface area contributed by atoms with Crippen molar-refractivity contribution in [1.29, 1.82) is 5.26 Å². The van der Waals surface area contributed by atoms with Crippen LogP contribution in [0.3, 0.4) is 0 Å². The van der Waals surface area contributed by atoms with Gasteiger partial charge in [-0.15, -0.1) is 0 Å². The molecule has 0 saturated heterocycles. The molecule has 1 rings (SSSR count). The highest BCUT2D eigenvalue weighted by Gasteiger charge is 2.18. The normalized spacial score (nSPS) is 20.4. The van der Waals surface area contributed by atoms with E-state index >= 15 is 0 Å². The van der Waals surface area contributed by atoms with Gasteiger partial charge in [0.25, 0.3) is 0 Å². The van der Waals surface area contributed by atoms with Crippen LogP contribution in [0.25, 0.3) is 0 Å². The number of thioether (sulfide) groups is 1. The lowest BCUT2D eigenvalue weighted by Gasteiger charge is -2.15. The van der Waals surface area contributed by atoms with Crippen molar-refractivity contribution in [3.05, 3.63) is 36.5 Å². The van der Waals surface area contributed by atoms with E-state index in [9.17, 15) is 0 Å². The van der Waals surface area contributed by atoms with E-state index in [1.807, 2.05) is 6.08 Å². The number of thiocyanates is 1. The van der Waals surface area contributed by atoms with Gasteiger partial charge in [-0.2, -0.15) is 5.26 Å². The minimum Gasteiger partial charge on any atom is -0.185 e. The molecule has 1 aliphatic carbocycles. The van der Waals surface area contributed by atoms with Gasteiger partial charge in [0.1, 0.15) is 5.40 Å². The van der Waals surface area contributed by atoms with Crippen molar-refractivity contribution in [3.63, 3.8) is 0 Å². The molecule has 0 aromatic heterocycles. The largest absolute Gasteiger partial charge is 0.185 e. The first-order valence-electron chi connectivity index (χ1n) is 11.6. The van der Waals surface area contributed by atoms with E-state index in [0.717, 1.165) is 29.9 Å². The number of nitriles is 1. The Morgan fingerprint density at radius 3 is 2.32 bits per heavy atom. The van der Waals surface area contributed by atoms with Crippen LogP contribution in [0.15, 0.2) is 36.5 Å². The standard InChI is InChI=1S/C21H33NS.C5H12/c1-3-5-9-20-10-6-11-21(16-14-20)15-13-19(8-4-2)12-7-17-23-18-22;1-4-5(2)3/h4,7-8,12,20-21H,2-3,5-6,9-11,13-17H2,1H3;5H,4H2,1-3H3/b12-7-,19-8+;. The summed E-state index contributed by atoms with van der Waals surface area (Å²) in [4.78, 5) is 0. The highest BCUT2D eigenvalue weighted by molar-refractivity contribution is 8.03. The van der Waals surface area contributed by atoms with Crippen LogP contribution in [0.2, 0.25) is 0 Å². The van der Waals surface area contributed by atoms with Crippen molar-refractivity contribution >= 4 is 11.8 Å². The van der Waals surface area contributed by atoms with E-state index in [1.165, 1.54) is 81.5 Å². The van der Waals surface area contributed by atoms with E-state index in [-0.39, 0.29) is 0 Å². The van der Waals surface area contributed by atoms with E-state index in [1.54, 1.807) is 0 Å².